The van der Waals surface area contributed by atoms with Gasteiger partial charge in [-0.15, -0.1) is 11.8 Å². The normalized spacial score (nSPS) is 14.0. The molecule has 0 bridgehead atoms. The highest BCUT2D eigenvalue weighted by atomic mass is 35.5. The van der Waals surface area contributed by atoms with Crippen molar-refractivity contribution in [3.63, 3.8) is 0 Å². The van der Waals surface area contributed by atoms with Crippen molar-refractivity contribution in [3.05, 3.63) is 45.2 Å². The first kappa shape index (κ1) is 22.2. The van der Waals surface area contributed by atoms with Crippen molar-refractivity contribution in [1.82, 2.24) is 9.97 Å². The summed E-state index contributed by atoms with van der Waals surface area (Å²) in [4.78, 5) is 20.5. The van der Waals surface area contributed by atoms with E-state index in [0.717, 1.165) is 35.4 Å². The van der Waals surface area contributed by atoms with Gasteiger partial charge in [0.15, 0.2) is 0 Å². The Morgan fingerprint density at radius 1 is 1.28 bits per heavy atom. The first-order valence-corrected chi connectivity index (χ1v) is 11.1. The summed E-state index contributed by atoms with van der Waals surface area (Å²) < 4.78 is 10.9. The maximum absolute atomic E-state index is 11.9. The fourth-order valence-corrected chi connectivity index (χ4v) is 4.58. The van der Waals surface area contributed by atoms with E-state index >= 15 is 0 Å². The number of nitrogens with zero attached hydrogens (tertiary/aromatic N) is 2. The number of aryl methyl sites for hydroxylation is 1. The summed E-state index contributed by atoms with van der Waals surface area (Å²) in [6, 6.07) is 1.40. The lowest BCUT2D eigenvalue weighted by Gasteiger charge is -2.16. The van der Waals surface area contributed by atoms with Crippen molar-refractivity contribution >= 4 is 40.9 Å². The van der Waals surface area contributed by atoms with E-state index in [1.54, 1.807) is 12.4 Å². The molecule has 3 rings (SSSR count). The van der Waals surface area contributed by atoms with Gasteiger partial charge in [0.2, 0.25) is 12.7 Å². The van der Waals surface area contributed by atoms with Gasteiger partial charge < -0.3 is 15.2 Å². The van der Waals surface area contributed by atoms with E-state index < -0.39 is 12.0 Å². The molecule has 2 aromatic heterocycles. The van der Waals surface area contributed by atoms with E-state index in [1.807, 2.05) is 13.8 Å². The maximum atomic E-state index is 11.9. The fourth-order valence-electron chi connectivity index (χ4n) is 2.95. The highest BCUT2D eigenvalue weighted by molar-refractivity contribution is 7.98. The van der Waals surface area contributed by atoms with E-state index in [1.165, 1.54) is 17.3 Å². The SMILES string of the molecule is CC(C)[C@H](N)C(=O)OCOc1nc(SCc2c(Cl)cncc2Cl)cc2c1CCC2. The van der Waals surface area contributed by atoms with Crippen LogP contribution in [0.25, 0.3) is 0 Å². The number of thioether (sulfide) groups is 1. The molecule has 1 atom stereocenters. The summed E-state index contributed by atoms with van der Waals surface area (Å²) in [6.07, 6.45) is 6.05. The highest BCUT2D eigenvalue weighted by Crippen LogP contribution is 2.35. The molecule has 0 spiro atoms. The molecule has 2 N–H and O–H groups in total. The number of ether oxygens (including phenoxy) is 2. The molecule has 2 aromatic rings. The van der Waals surface area contributed by atoms with Crippen molar-refractivity contribution in [3.8, 4) is 5.88 Å². The van der Waals surface area contributed by atoms with Gasteiger partial charge in [0.25, 0.3) is 0 Å². The zero-order valence-electron chi connectivity index (χ0n) is 16.3. The van der Waals surface area contributed by atoms with Gasteiger partial charge >= 0.3 is 5.97 Å². The summed E-state index contributed by atoms with van der Waals surface area (Å²) in [5.41, 5.74) is 8.88. The smallest absolute Gasteiger partial charge is 0.326 e. The van der Waals surface area contributed by atoms with Gasteiger partial charge in [0.05, 0.1) is 10.0 Å². The van der Waals surface area contributed by atoms with Crippen LogP contribution in [0.5, 0.6) is 5.88 Å². The molecular formula is C20H23Cl2N3O3S. The molecule has 0 saturated carbocycles. The number of carbonyl (C=O) groups excluding carboxylic acids is 1. The number of aromatic nitrogens is 2. The maximum Gasteiger partial charge on any atom is 0.326 e. The molecular weight excluding hydrogens is 433 g/mol. The topological polar surface area (TPSA) is 87.3 Å². The fraction of sp³-hybridized carbons (Fsp3) is 0.450. The molecule has 9 heteroatoms. The van der Waals surface area contributed by atoms with E-state index in [2.05, 4.69) is 16.0 Å². The van der Waals surface area contributed by atoms with Gasteiger partial charge in [-0.25, -0.2) is 4.98 Å². The number of carbonyl (C=O) groups is 1. The lowest BCUT2D eigenvalue weighted by atomic mass is 10.1. The Bertz CT molecular complexity index is 875. The number of rotatable bonds is 8. The summed E-state index contributed by atoms with van der Waals surface area (Å²) in [7, 11) is 0. The Hall–Kier alpha value is -1.54. The van der Waals surface area contributed by atoms with Crippen LogP contribution in [0, 0.1) is 5.92 Å². The molecule has 1 aliphatic carbocycles. The third kappa shape index (κ3) is 5.54. The van der Waals surface area contributed by atoms with Crippen LogP contribution in [0.2, 0.25) is 10.0 Å². The van der Waals surface area contributed by atoms with E-state index in [0.29, 0.717) is 21.7 Å². The Morgan fingerprint density at radius 2 is 2.00 bits per heavy atom. The van der Waals surface area contributed by atoms with Crippen LogP contribution in [0.3, 0.4) is 0 Å². The van der Waals surface area contributed by atoms with Crippen molar-refractivity contribution in [2.45, 2.75) is 49.9 Å². The monoisotopic (exact) mass is 455 g/mol. The number of hydrogen-bond acceptors (Lipinski definition) is 7. The second-order valence-electron chi connectivity index (χ2n) is 7.12. The van der Waals surface area contributed by atoms with Crippen molar-refractivity contribution in [2.75, 3.05) is 6.79 Å². The first-order chi connectivity index (χ1) is 13.9. The summed E-state index contributed by atoms with van der Waals surface area (Å²) in [6.45, 7) is 3.52. The van der Waals surface area contributed by atoms with E-state index in [-0.39, 0.29) is 12.7 Å². The van der Waals surface area contributed by atoms with Gasteiger partial charge in [0.1, 0.15) is 11.1 Å². The Kier molecular flexibility index (Phi) is 7.62. The Labute approximate surface area is 184 Å². The average Bonchev–Trinajstić information content (AvgIpc) is 3.15. The second-order valence-corrected chi connectivity index (χ2v) is 8.93. The average molecular weight is 456 g/mol. The highest BCUT2D eigenvalue weighted by Gasteiger charge is 2.22. The summed E-state index contributed by atoms with van der Waals surface area (Å²) in [5, 5.41) is 1.85. The predicted molar refractivity (Wildman–Crippen MR) is 114 cm³/mol. The van der Waals surface area contributed by atoms with Gasteiger partial charge in [0, 0.05) is 29.3 Å². The van der Waals surface area contributed by atoms with Gasteiger partial charge in [-0.05, 0) is 36.8 Å². The predicted octanol–water partition coefficient (Wildman–Crippen LogP) is 4.43. The molecule has 6 nitrogen and oxygen atoms in total. The Morgan fingerprint density at radius 3 is 2.69 bits per heavy atom. The lowest BCUT2D eigenvalue weighted by molar-refractivity contribution is -0.153. The molecule has 0 aromatic carbocycles. The molecule has 156 valence electrons. The molecule has 0 amide bonds. The third-order valence-electron chi connectivity index (χ3n) is 4.73. The van der Waals surface area contributed by atoms with Crippen molar-refractivity contribution in [1.29, 1.82) is 0 Å². The molecule has 0 unspecified atom stereocenters. The minimum absolute atomic E-state index is 0.00330. The molecule has 0 aliphatic heterocycles. The zero-order chi connectivity index (χ0) is 21.0. The number of halogens is 2. The summed E-state index contributed by atoms with van der Waals surface area (Å²) >= 11 is 13.9. The van der Waals surface area contributed by atoms with Crippen LogP contribution in [-0.4, -0.2) is 28.8 Å². The quantitative estimate of drug-likeness (QED) is 0.357. The minimum Gasteiger partial charge on any atom is -0.440 e. The minimum atomic E-state index is -0.672. The van der Waals surface area contributed by atoms with Crippen LogP contribution < -0.4 is 10.5 Å². The molecule has 29 heavy (non-hydrogen) atoms. The first-order valence-electron chi connectivity index (χ1n) is 9.35. The van der Waals surface area contributed by atoms with Gasteiger partial charge in [-0.2, -0.15) is 0 Å². The van der Waals surface area contributed by atoms with Crippen LogP contribution in [0.1, 0.15) is 37.0 Å². The van der Waals surface area contributed by atoms with E-state index in [9.17, 15) is 4.79 Å². The van der Waals surface area contributed by atoms with Crippen LogP contribution in [0.15, 0.2) is 23.5 Å². The van der Waals surface area contributed by atoms with E-state index in [4.69, 9.17) is 38.4 Å². The molecule has 0 saturated heterocycles. The largest absolute Gasteiger partial charge is 0.440 e. The summed E-state index contributed by atoms with van der Waals surface area (Å²) in [5.74, 6) is 0.574. The van der Waals surface area contributed by atoms with Gasteiger partial charge in [-0.1, -0.05) is 37.0 Å². The number of hydrogen-bond donors (Lipinski definition) is 1. The standard InChI is InChI=1S/C20H23Cl2N3O3S/c1-11(2)18(23)20(26)28-10-27-19-13-5-3-4-12(13)6-17(25-19)29-9-14-15(21)7-24-8-16(14)22/h6-8,11,18H,3-5,9-10,23H2,1-2H3/t18-/m0/s1. The number of nitrogens with two attached hydrogens (primary N) is 1. The molecule has 0 radical (unpaired) electrons. The van der Waals surface area contributed by atoms with Crippen LogP contribution in [-0.2, 0) is 28.1 Å². The van der Waals surface area contributed by atoms with Crippen LogP contribution in [0.4, 0.5) is 0 Å². The second kappa shape index (κ2) is 9.98. The molecule has 1 aliphatic rings. The van der Waals surface area contributed by atoms with Crippen LogP contribution >= 0.6 is 35.0 Å². The lowest BCUT2D eigenvalue weighted by Crippen LogP contribution is -2.37. The number of fused-ring (bicyclic) bond motifs is 1. The molecule has 0 fully saturated rings. The van der Waals surface area contributed by atoms with Crippen molar-refractivity contribution in [2.24, 2.45) is 11.7 Å². The number of pyridine rings is 2. The Balaban J connectivity index is 1.68. The van der Waals surface area contributed by atoms with Crippen molar-refractivity contribution < 1.29 is 14.3 Å². The third-order valence-corrected chi connectivity index (χ3v) is 6.32. The number of esters is 1. The molecule has 2 heterocycles. The zero-order valence-corrected chi connectivity index (χ0v) is 18.6. The van der Waals surface area contributed by atoms with Gasteiger partial charge in [-0.3, -0.25) is 9.78 Å².